The number of nitrogens with zero attached hydrogens (tertiary/aromatic N) is 2. The van der Waals surface area contributed by atoms with Crippen LogP contribution in [0, 0.1) is 0 Å². The Balaban J connectivity index is 1.62. The Labute approximate surface area is 156 Å². The maximum Gasteiger partial charge on any atom is 0.253 e. The van der Waals surface area contributed by atoms with Crippen LogP contribution in [0.15, 0.2) is 67.1 Å². The Morgan fingerprint density at radius 1 is 0.963 bits per heavy atom. The molecule has 1 aromatic carbocycles. The third kappa shape index (κ3) is 5.37. The van der Waals surface area contributed by atoms with Crippen molar-refractivity contribution in [2.45, 2.75) is 13.5 Å². The smallest absolute Gasteiger partial charge is 0.253 e. The molecular formula is C20H19N5O2. The first-order valence-electron chi connectivity index (χ1n) is 8.38. The Morgan fingerprint density at radius 2 is 1.74 bits per heavy atom. The van der Waals surface area contributed by atoms with E-state index in [4.69, 9.17) is 0 Å². The van der Waals surface area contributed by atoms with Crippen LogP contribution in [0.5, 0.6) is 0 Å². The minimum atomic E-state index is -0.224. The van der Waals surface area contributed by atoms with Crippen LogP contribution in [0.4, 0.5) is 17.1 Å². The molecule has 3 rings (SSSR count). The van der Waals surface area contributed by atoms with Gasteiger partial charge in [0, 0.05) is 30.7 Å². The van der Waals surface area contributed by atoms with Crippen LogP contribution in [0.3, 0.4) is 0 Å². The van der Waals surface area contributed by atoms with E-state index in [0.29, 0.717) is 23.5 Å². The second-order valence-electron chi connectivity index (χ2n) is 5.85. The molecule has 3 aromatic rings. The lowest BCUT2D eigenvalue weighted by molar-refractivity contribution is -0.114. The average Bonchev–Trinajstić information content (AvgIpc) is 2.68. The Morgan fingerprint density at radius 3 is 2.44 bits per heavy atom. The van der Waals surface area contributed by atoms with E-state index in [9.17, 15) is 9.59 Å². The van der Waals surface area contributed by atoms with Crippen molar-refractivity contribution < 1.29 is 9.59 Å². The second kappa shape index (κ2) is 8.57. The third-order valence-corrected chi connectivity index (χ3v) is 3.65. The molecule has 3 N–H and O–H groups in total. The van der Waals surface area contributed by atoms with Gasteiger partial charge in [0.15, 0.2) is 0 Å². The molecule has 0 saturated carbocycles. The number of amides is 2. The molecule has 0 spiro atoms. The molecule has 0 atom stereocenters. The van der Waals surface area contributed by atoms with Gasteiger partial charge in [-0.1, -0.05) is 6.07 Å². The number of anilines is 3. The van der Waals surface area contributed by atoms with Crippen molar-refractivity contribution >= 4 is 28.9 Å². The van der Waals surface area contributed by atoms with Crippen LogP contribution >= 0.6 is 0 Å². The molecule has 0 unspecified atom stereocenters. The minimum absolute atomic E-state index is 0.121. The lowest BCUT2D eigenvalue weighted by Crippen LogP contribution is -2.23. The van der Waals surface area contributed by atoms with Crippen molar-refractivity contribution in [3.8, 4) is 0 Å². The van der Waals surface area contributed by atoms with Crippen LogP contribution in [-0.2, 0) is 11.3 Å². The molecule has 0 saturated heterocycles. The zero-order valence-corrected chi connectivity index (χ0v) is 14.8. The largest absolute Gasteiger partial charge is 0.354 e. The summed E-state index contributed by atoms with van der Waals surface area (Å²) in [5.74, 6) is -0.345. The predicted molar refractivity (Wildman–Crippen MR) is 104 cm³/mol. The van der Waals surface area contributed by atoms with E-state index in [1.165, 1.54) is 13.1 Å². The molecule has 0 fully saturated rings. The maximum absolute atomic E-state index is 12.3. The molecule has 7 heteroatoms. The fourth-order valence-corrected chi connectivity index (χ4v) is 2.41. The summed E-state index contributed by atoms with van der Waals surface area (Å²) in [5.41, 5.74) is 3.46. The Kier molecular flexibility index (Phi) is 5.73. The van der Waals surface area contributed by atoms with Gasteiger partial charge in [0.1, 0.15) is 0 Å². The number of rotatable bonds is 6. The summed E-state index contributed by atoms with van der Waals surface area (Å²) in [6.45, 7) is 1.81. The summed E-state index contributed by atoms with van der Waals surface area (Å²) < 4.78 is 0. The number of aromatic nitrogens is 2. The molecule has 27 heavy (non-hydrogen) atoms. The predicted octanol–water partition coefficient (Wildman–Crippen LogP) is 3.11. The van der Waals surface area contributed by atoms with Crippen molar-refractivity contribution in [3.05, 3.63) is 78.4 Å². The molecule has 2 heterocycles. The number of nitrogens with one attached hydrogen (secondary N) is 3. The van der Waals surface area contributed by atoms with Crippen molar-refractivity contribution in [2.24, 2.45) is 0 Å². The summed E-state index contributed by atoms with van der Waals surface area (Å²) in [5, 5.41) is 8.72. The molecule has 0 bridgehead atoms. The van der Waals surface area contributed by atoms with Gasteiger partial charge < -0.3 is 16.0 Å². The summed E-state index contributed by atoms with van der Waals surface area (Å²) in [6, 6.07) is 14.5. The van der Waals surface area contributed by atoms with Gasteiger partial charge in [0.05, 0.1) is 29.7 Å². The van der Waals surface area contributed by atoms with Crippen LogP contribution < -0.4 is 16.0 Å². The maximum atomic E-state index is 12.3. The highest BCUT2D eigenvalue weighted by Crippen LogP contribution is 2.19. The number of hydrogen-bond acceptors (Lipinski definition) is 5. The summed E-state index contributed by atoms with van der Waals surface area (Å²) >= 11 is 0. The monoisotopic (exact) mass is 361 g/mol. The molecule has 0 aliphatic rings. The highest BCUT2D eigenvalue weighted by Gasteiger charge is 2.07. The first kappa shape index (κ1) is 18.1. The number of pyridine rings is 2. The van der Waals surface area contributed by atoms with Gasteiger partial charge in [-0.25, -0.2) is 0 Å². The van der Waals surface area contributed by atoms with Crippen LogP contribution in [0.2, 0.25) is 0 Å². The molecule has 0 aliphatic carbocycles. The fourth-order valence-electron chi connectivity index (χ4n) is 2.41. The normalized spacial score (nSPS) is 10.1. The van der Waals surface area contributed by atoms with E-state index in [1.54, 1.807) is 30.6 Å². The summed E-state index contributed by atoms with van der Waals surface area (Å²) in [4.78, 5) is 31.7. The van der Waals surface area contributed by atoms with Crippen molar-refractivity contribution in [1.82, 2.24) is 15.3 Å². The molecule has 0 aliphatic heterocycles. The zero-order chi connectivity index (χ0) is 19.1. The quantitative estimate of drug-likeness (QED) is 0.627. The molecule has 2 aromatic heterocycles. The van der Waals surface area contributed by atoms with E-state index in [-0.39, 0.29) is 11.8 Å². The first-order valence-corrected chi connectivity index (χ1v) is 8.38. The summed E-state index contributed by atoms with van der Waals surface area (Å²) in [7, 11) is 0. The van der Waals surface area contributed by atoms with Crippen LogP contribution in [-0.4, -0.2) is 21.8 Å². The van der Waals surface area contributed by atoms with E-state index in [1.807, 2.05) is 30.3 Å². The molecular weight excluding hydrogens is 342 g/mol. The van der Waals surface area contributed by atoms with Gasteiger partial charge in [-0.3, -0.25) is 19.6 Å². The molecule has 7 nitrogen and oxygen atoms in total. The van der Waals surface area contributed by atoms with Crippen molar-refractivity contribution in [2.75, 3.05) is 10.6 Å². The average molecular weight is 361 g/mol. The Bertz CT molecular complexity index is 927. The number of benzene rings is 1. The van der Waals surface area contributed by atoms with Crippen molar-refractivity contribution in [1.29, 1.82) is 0 Å². The Hall–Kier alpha value is -3.74. The SMILES string of the molecule is CC(=O)Nc1ccc(Nc2cncc(C(=O)NCc3ccccn3)c2)cc1. The standard InChI is InChI=1S/C20H19N5O2/c1-14(26)24-16-5-7-17(8-6-16)25-19-10-15(11-21-12-19)20(27)23-13-18-4-2-3-9-22-18/h2-12,25H,13H2,1H3,(H,23,27)(H,24,26). The number of hydrogen-bond donors (Lipinski definition) is 3. The van der Waals surface area contributed by atoms with Gasteiger partial charge in [0.25, 0.3) is 5.91 Å². The van der Waals surface area contributed by atoms with E-state index < -0.39 is 0 Å². The molecule has 0 radical (unpaired) electrons. The molecule has 136 valence electrons. The second-order valence-corrected chi connectivity index (χ2v) is 5.85. The van der Waals surface area contributed by atoms with Crippen molar-refractivity contribution in [3.63, 3.8) is 0 Å². The van der Waals surface area contributed by atoms with Crippen LogP contribution in [0.25, 0.3) is 0 Å². The third-order valence-electron chi connectivity index (χ3n) is 3.65. The number of carbonyl (C=O) groups is 2. The first-order chi connectivity index (χ1) is 13.1. The van der Waals surface area contributed by atoms with E-state index >= 15 is 0 Å². The topological polar surface area (TPSA) is 96.0 Å². The van der Waals surface area contributed by atoms with Gasteiger partial charge in [0.2, 0.25) is 5.91 Å². The van der Waals surface area contributed by atoms with Crippen LogP contribution in [0.1, 0.15) is 23.0 Å². The lowest BCUT2D eigenvalue weighted by atomic mass is 10.2. The number of carbonyl (C=O) groups excluding carboxylic acids is 2. The minimum Gasteiger partial charge on any atom is -0.354 e. The zero-order valence-electron chi connectivity index (χ0n) is 14.8. The van der Waals surface area contributed by atoms with Gasteiger partial charge in [-0.05, 0) is 42.5 Å². The van der Waals surface area contributed by atoms with E-state index in [0.717, 1.165) is 11.4 Å². The van der Waals surface area contributed by atoms with Gasteiger partial charge >= 0.3 is 0 Å². The highest BCUT2D eigenvalue weighted by atomic mass is 16.2. The fraction of sp³-hybridized carbons (Fsp3) is 0.100. The molecule has 2 amide bonds. The van der Waals surface area contributed by atoms with E-state index in [2.05, 4.69) is 25.9 Å². The lowest BCUT2D eigenvalue weighted by Gasteiger charge is -2.09. The highest BCUT2D eigenvalue weighted by molar-refractivity contribution is 5.94. The summed E-state index contributed by atoms with van der Waals surface area (Å²) in [6.07, 6.45) is 4.83. The van der Waals surface area contributed by atoms with Gasteiger partial charge in [-0.15, -0.1) is 0 Å². The van der Waals surface area contributed by atoms with Gasteiger partial charge in [-0.2, -0.15) is 0 Å².